The van der Waals surface area contributed by atoms with Crippen molar-refractivity contribution in [2.24, 2.45) is 4.99 Å². The number of nitrogens with zero attached hydrogens (tertiary/aromatic N) is 2. The second kappa shape index (κ2) is 13.7. The summed E-state index contributed by atoms with van der Waals surface area (Å²) in [6.45, 7) is 0. The maximum atomic E-state index is 12.5. The summed E-state index contributed by atoms with van der Waals surface area (Å²) in [4.78, 5) is 29.7. The van der Waals surface area contributed by atoms with Gasteiger partial charge in [0.2, 0.25) is 0 Å². The number of carbonyl (C=O) groups is 2. The van der Waals surface area contributed by atoms with Gasteiger partial charge in [0.05, 0.1) is 21.4 Å². The number of benzene rings is 4. The van der Waals surface area contributed by atoms with E-state index in [1.807, 2.05) is 60.7 Å². The summed E-state index contributed by atoms with van der Waals surface area (Å²) in [5.74, 6) is -1.03. The minimum Gasteiger partial charge on any atom is -0.541 e. The normalized spacial score (nSPS) is 14.9. The largest absolute Gasteiger partial charge is 1.00 e. The molecule has 0 bridgehead atoms. The first-order valence-corrected chi connectivity index (χ1v) is 14.7. The molecule has 1 aliphatic rings. The van der Waals surface area contributed by atoms with Crippen molar-refractivity contribution < 1.29 is 47.6 Å². The van der Waals surface area contributed by atoms with Gasteiger partial charge in [-0.2, -0.15) is 0 Å². The van der Waals surface area contributed by atoms with Gasteiger partial charge in [-0.25, -0.2) is 13.4 Å². The summed E-state index contributed by atoms with van der Waals surface area (Å²) in [6.07, 6.45) is 1.62. The van der Waals surface area contributed by atoms with Crippen LogP contribution in [0.2, 0.25) is 5.02 Å². The van der Waals surface area contributed by atoms with Gasteiger partial charge < -0.3 is 14.8 Å². The third-order valence-electron chi connectivity index (χ3n) is 5.82. The Morgan fingerprint density at radius 3 is 2.17 bits per heavy atom. The van der Waals surface area contributed by atoms with Gasteiger partial charge in [0.15, 0.2) is 5.17 Å². The van der Waals surface area contributed by atoms with E-state index < -0.39 is 15.9 Å². The van der Waals surface area contributed by atoms with Gasteiger partial charge in [0.1, 0.15) is 10.0 Å². The van der Waals surface area contributed by atoms with E-state index in [4.69, 9.17) is 11.6 Å². The van der Waals surface area contributed by atoms with Crippen LogP contribution < -0.4 is 34.9 Å². The molecule has 200 valence electrons. The van der Waals surface area contributed by atoms with Crippen LogP contribution in [-0.2, 0) is 26.0 Å². The summed E-state index contributed by atoms with van der Waals surface area (Å²) in [5.41, 5.74) is 4.26. The number of hydrogen-bond acceptors (Lipinski definition) is 6. The van der Waals surface area contributed by atoms with Gasteiger partial charge >= 0.3 is 29.6 Å². The molecule has 7 nitrogen and oxygen atoms in total. The quantitative estimate of drug-likeness (QED) is 0.254. The zero-order valence-electron chi connectivity index (χ0n) is 21.8. The fourth-order valence-corrected chi connectivity index (χ4v) is 5.73. The van der Waals surface area contributed by atoms with E-state index in [9.17, 15) is 18.0 Å². The van der Waals surface area contributed by atoms with E-state index in [0.29, 0.717) is 26.3 Å². The molecule has 0 radical (unpaired) electrons. The molecule has 0 aliphatic carbocycles. The van der Waals surface area contributed by atoms with E-state index in [0.717, 1.165) is 16.7 Å². The Morgan fingerprint density at radius 2 is 1.51 bits per heavy atom. The van der Waals surface area contributed by atoms with Crippen molar-refractivity contribution in [3.63, 3.8) is 0 Å². The van der Waals surface area contributed by atoms with E-state index in [-0.39, 0.29) is 46.8 Å². The van der Waals surface area contributed by atoms with Crippen LogP contribution in [0.15, 0.2) is 118 Å². The molecule has 2 amide bonds. The summed E-state index contributed by atoms with van der Waals surface area (Å²) >= 11 is 7.02. The molecular weight excluding hydrogens is 589 g/mol. The number of amides is 2. The number of nitrogens with one attached hydrogen (secondary N) is 1. The molecule has 1 N–H and O–H groups in total. The molecule has 0 unspecified atom stereocenters. The van der Waals surface area contributed by atoms with E-state index in [1.54, 1.807) is 24.3 Å². The van der Waals surface area contributed by atoms with Crippen molar-refractivity contribution in [2.45, 2.75) is 11.3 Å². The number of carbonyl (C=O) groups excluding carboxylic acids is 2. The maximum absolute atomic E-state index is 12.5. The second-order valence-corrected chi connectivity index (χ2v) is 11.8. The second-order valence-electron chi connectivity index (χ2n) is 8.73. The minimum absolute atomic E-state index is 0. The predicted octanol–water partition coefficient (Wildman–Crippen LogP) is 3.73. The molecule has 5 rings (SSSR count). The number of rotatable bonds is 7. The van der Waals surface area contributed by atoms with Crippen molar-refractivity contribution in [1.82, 2.24) is 5.32 Å². The topological polar surface area (TPSA) is 107 Å². The molecule has 0 atom stereocenters. The number of halogens is 1. The average molecular weight is 610 g/mol. The number of sulfonamides is 1. The Bertz CT molecular complexity index is 1730. The standard InChI is InChI=1S/C30H22ClN3O4S2.Na/c31-24-12-16-26(17-13-24)40(37,38)34-28(35)19-21-8-14-25(15-9-21)32-30-33-29(36)27(39-30)18-20-6-10-23(11-7-20)22-4-2-1-3-5-22;/h1-18H,19H2,(H2,32,33,34,35,36);/q;+1/p-1. The molecule has 4 aromatic rings. The smallest absolute Gasteiger partial charge is 0.541 e. The molecule has 0 spiro atoms. The van der Waals surface area contributed by atoms with Crippen molar-refractivity contribution in [3.05, 3.63) is 129 Å². The Hall–Kier alpha value is -3.18. The molecule has 1 heterocycles. The Labute approximate surface area is 269 Å². The average Bonchev–Trinajstić information content (AvgIpc) is 3.28. The zero-order valence-corrected chi connectivity index (χ0v) is 26.2. The number of hydrogen-bond donors (Lipinski definition) is 1. The fourth-order valence-electron chi connectivity index (χ4n) is 3.84. The maximum Gasteiger partial charge on any atom is 1.00 e. The van der Waals surface area contributed by atoms with Crippen molar-refractivity contribution in [2.75, 3.05) is 0 Å². The zero-order chi connectivity index (χ0) is 28.1. The first-order valence-electron chi connectivity index (χ1n) is 12.1. The molecule has 11 heteroatoms. The first kappa shape index (κ1) is 30.8. The van der Waals surface area contributed by atoms with Crippen molar-refractivity contribution in [1.29, 1.82) is 0 Å². The van der Waals surface area contributed by atoms with Gasteiger partial charge in [-0.15, -0.1) is 0 Å². The molecular formula is C30H21ClN3NaO4S2. The number of thioether (sulfide) groups is 1. The van der Waals surface area contributed by atoms with Crippen LogP contribution in [0.5, 0.6) is 0 Å². The molecule has 4 aromatic carbocycles. The van der Waals surface area contributed by atoms with E-state index in [1.165, 1.54) is 36.0 Å². The van der Waals surface area contributed by atoms with Gasteiger partial charge in [0, 0.05) is 11.4 Å². The Morgan fingerprint density at radius 1 is 0.878 bits per heavy atom. The van der Waals surface area contributed by atoms with Gasteiger partial charge in [-0.05, 0) is 76.5 Å². The summed E-state index contributed by atoms with van der Waals surface area (Å²) in [6, 6.07) is 30.1. The fraction of sp³-hybridized carbons (Fsp3) is 0.0333. The van der Waals surface area contributed by atoms with Crippen molar-refractivity contribution in [3.8, 4) is 11.1 Å². The molecule has 0 aromatic heterocycles. The summed E-state index contributed by atoms with van der Waals surface area (Å²) < 4.78 is 28.1. The molecule has 1 fully saturated rings. The first-order chi connectivity index (χ1) is 19.2. The van der Waals surface area contributed by atoms with Gasteiger partial charge in [-0.3, -0.25) is 4.79 Å². The van der Waals surface area contributed by atoms with Crippen LogP contribution in [0.3, 0.4) is 0 Å². The van der Waals surface area contributed by atoms with Crippen LogP contribution in [0.25, 0.3) is 21.9 Å². The number of aliphatic imine (C=N–C) groups is 1. The third kappa shape index (κ3) is 8.19. The Kier molecular flexibility index (Phi) is 10.2. The van der Waals surface area contributed by atoms with Crippen LogP contribution in [-0.4, -0.2) is 25.4 Å². The minimum atomic E-state index is -4.12. The van der Waals surface area contributed by atoms with Crippen molar-refractivity contribution >= 4 is 62.1 Å². The SMILES string of the molecule is O=C(Cc1ccc(N=C2NC(=O)C(=Cc3ccc(-c4ccccc4)cc3)S2)cc1)[N-]S(=O)(=O)c1ccc(Cl)cc1.[Na+]. The molecule has 41 heavy (non-hydrogen) atoms. The van der Waals surface area contributed by atoms with Gasteiger partial charge in [0.25, 0.3) is 5.91 Å². The van der Waals surface area contributed by atoms with Crippen LogP contribution >= 0.6 is 23.4 Å². The van der Waals surface area contributed by atoms with E-state index >= 15 is 0 Å². The molecule has 0 saturated carbocycles. The molecule has 1 aliphatic heterocycles. The monoisotopic (exact) mass is 609 g/mol. The van der Waals surface area contributed by atoms with Gasteiger partial charge in [-0.1, -0.05) is 78.3 Å². The van der Waals surface area contributed by atoms with Crippen LogP contribution in [0.4, 0.5) is 5.69 Å². The van der Waals surface area contributed by atoms with Crippen LogP contribution in [0.1, 0.15) is 11.1 Å². The predicted molar refractivity (Wildman–Crippen MR) is 160 cm³/mol. The Balaban J connectivity index is 0.00000387. The third-order valence-corrected chi connectivity index (χ3v) is 8.30. The summed E-state index contributed by atoms with van der Waals surface area (Å²) in [5, 5.41) is 3.58. The van der Waals surface area contributed by atoms with Crippen LogP contribution in [0, 0.1) is 0 Å². The summed E-state index contributed by atoms with van der Waals surface area (Å²) in [7, 11) is -4.12. The molecule has 1 saturated heterocycles. The number of amidine groups is 1. The van der Waals surface area contributed by atoms with E-state index in [2.05, 4.69) is 15.0 Å².